The molecule has 1 aromatic rings. The van der Waals surface area contributed by atoms with Gasteiger partial charge in [0.05, 0.1) is 13.2 Å². The molecule has 4 rings (SSSR count). The Hall–Kier alpha value is -1.92. The minimum Gasteiger partial charge on any atom is -0.347 e. The molecule has 0 unspecified atom stereocenters. The summed E-state index contributed by atoms with van der Waals surface area (Å²) in [6.45, 7) is 4.10. The third kappa shape index (κ3) is 4.39. The van der Waals surface area contributed by atoms with E-state index in [1.165, 1.54) is 5.56 Å². The van der Waals surface area contributed by atoms with Crippen LogP contribution in [0, 0.1) is 5.92 Å². The third-order valence-corrected chi connectivity index (χ3v) is 6.32. The van der Waals surface area contributed by atoms with Crippen molar-refractivity contribution in [1.29, 1.82) is 0 Å². The third-order valence-electron chi connectivity index (χ3n) is 6.32. The molecule has 0 bridgehead atoms. The van der Waals surface area contributed by atoms with Gasteiger partial charge in [-0.15, -0.1) is 0 Å². The molecule has 6 heteroatoms. The molecule has 28 heavy (non-hydrogen) atoms. The molecular formula is C22H30N2O4. The summed E-state index contributed by atoms with van der Waals surface area (Å²) in [6.07, 6.45) is 4.37. The van der Waals surface area contributed by atoms with Crippen molar-refractivity contribution in [2.75, 3.05) is 39.4 Å². The average Bonchev–Trinajstić information content (AvgIpc) is 3.21. The number of hydrogen-bond acceptors (Lipinski definition) is 4. The Kier molecular flexibility index (Phi) is 5.97. The molecule has 0 aliphatic carbocycles. The molecule has 3 aliphatic heterocycles. The number of nitrogens with zero attached hydrogens (tertiary/aromatic N) is 2. The molecule has 0 N–H and O–H groups in total. The molecule has 152 valence electrons. The maximum absolute atomic E-state index is 12.9. The number of hydrogen-bond donors (Lipinski definition) is 0. The first-order valence-electron chi connectivity index (χ1n) is 10.5. The van der Waals surface area contributed by atoms with Crippen LogP contribution in [0.25, 0.3) is 0 Å². The van der Waals surface area contributed by atoms with Crippen LogP contribution in [0.1, 0.15) is 37.7 Å². The van der Waals surface area contributed by atoms with E-state index >= 15 is 0 Å². The van der Waals surface area contributed by atoms with Crippen molar-refractivity contribution in [1.82, 2.24) is 9.80 Å². The van der Waals surface area contributed by atoms with Crippen LogP contribution in [-0.2, 0) is 25.5 Å². The second-order valence-electron chi connectivity index (χ2n) is 8.07. The molecule has 3 aliphatic rings. The molecule has 3 saturated heterocycles. The Morgan fingerprint density at radius 2 is 1.57 bits per heavy atom. The monoisotopic (exact) mass is 386 g/mol. The summed E-state index contributed by atoms with van der Waals surface area (Å²) in [7, 11) is 0. The van der Waals surface area contributed by atoms with Gasteiger partial charge >= 0.3 is 0 Å². The van der Waals surface area contributed by atoms with E-state index in [0.29, 0.717) is 45.8 Å². The van der Waals surface area contributed by atoms with Crippen LogP contribution in [0.15, 0.2) is 30.3 Å². The van der Waals surface area contributed by atoms with Crippen LogP contribution in [0.2, 0.25) is 0 Å². The van der Waals surface area contributed by atoms with Crippen LogP contribution in [0.4, 0.5) is 0 Å². The maximum atomic E-state index is 12.9. The molecule has 0 radical (unpaired) electrons. The van der Waals surface area contributed by atoms with Crippen molar-refractivity contribution in [3.63, 3.8) is 0 Å². The Morgan fingerprint density at radius 1 is 0.929 bits per heavy atom. The maximum Gasteiger partial charge on any atom is 0.225 e. The summed E-state index contributed by atoms with van der Waals surface area (Å²) in [6, 6.07) is 10.1. The lowest BCUT2D eigenvalue weighted by Crippen LogP contribution is -2.50. The fourth-order valence-corrected chi connectivity index (χ4v) is 4.54. The van der Waals surface area contributed by atoms with Gasteiger partial charge < -0.3 is 19.3 Å². The highest BCUT2D eigenvalue weighted by Crippen LogP contribution is 2.32. The van der Waals surface area contributed by atoms with Gasteiger partial charge in [0.25, 0.3) is 0 Å². The summed E-state index contributed by atoms with van der Waals surface area (Å²) in [5.74, 6) is 0.0396. The molecule has 1 aromatic carbocycles. The fraction of sp³-hybridized carbons (Fsp3) is 0.636. The van der Waals surface area contributed by atoms with Gasteiger partial charge in [-0.2, -0.15) is 0 Å². The number of ether oxygens (including phenoxy) is 2. The number of benzene rings is 1. The number of likely N-dealkylation sites (tertiary alicyclic amines) is 2. The van der Waals surface area contributed by atoms with Crippen molar-refractivity contribution < 1.29 is 19.1 Å². The van der Waals surface area contributed by atoms with Crippen molar-refractivity contribution in [2.45, 2.75) is 44.3 Å². The lowest BCUT2D eigenvalue weighted by atomic mass is 9.93. The average molecular weight is 386 g/mol. The molecule has 0 aromatic heterocycles. The van der Waals surface area contributed by atoms with Gasteiger partial charge in [0, 0.05) is 51.4 Å². The van der Waals surface area contributed by atoms with Crippen molar-refractivity contribution in [2.24, 2.45) is 5.92 Å². The summed E-state index contributed by atoms with van der Waals surface area (Å²) < 4.78 is 11.5. The van der Waals surface area contributed by atoms with E-state index in [-0.39, 0.29) is 17.7 Å². The zero-order valence-corrected chi connectivity index (χ0v) is 16.5. The predicted molar refractivity (Wildman–Crippen MR) is 105 cm³/mol. The molecule has 2 amide bonds. The van der Waals surface area contributed by atoms with Crippen molar-refractivity contribution >= 4 is 11.8 Å². The Labute approximate surface area is 166 Å². The van der Waals surface area contributed by atoms with Gasteiger partial charge in [-0.3, -0.25) is 9.59 Å². The van der Waals surface area contributed by atoms with Crippen LogP contribution in [-0.4, -0.2) is 66.8 Å². The number of carbonyl (C=O) groups excluding carboxylic acids is 2. The largest absolute Gasteiger partial charge is 0.347 e. The molecule has 0 atom stereocenters. The van der Waals surface area contributed by atoms with Crippen LogP contribution >= 0.6 is 0 Å². The van der Waals surface area contributed by atoms with Crippen molar-refractivity contribution in [3.05, 3.63) is 35.9 Å². The fourth-order valence-electron chi connectivity index (χ4n) is 4.54. The minimum absolute atomic E-state index is 0.0395. The highest BCUT2D eigenvalue weighted by Gasteiger charge is 2.42. The van der Waals surface area contributed by atoms with Gasteiger partial charge in [0.15, 0.2) is 5.79 Å². The molecule has 3 fully saturated rings. The summed E-state index contributed by atoms with van der Waals surface area (Å²) >= 11 is 0. The van der Waals surface area contributed by atoms with Crippen LogP contribution in [0.5, 0.6) is 0 Å². The Bertz CT molecular complexity index is 669. The number of amides is 2. The van der Waals surface area contributed by atoms with E-state index in [4.69, 9.17) is 9.47 Å². The predicted octanol–water partition coefficient (Wildman–Crippen LogP) is 2.22. The highest BCUT2D eigenvalue weighted by atomic mass is 16.7. The molecule has 3 heterocycles. The first-order chi connectivity index (χ1) is 13.7. The minimum atomic E-state index is -0.439. The highest BCUT2D eigenvalue weighted by molar-refractivity contribution is 5.80. The molecule has 0 saturated carbocycles. The van der Waals surface area contributed by atoms with Gasteiger partial charge in [0.1, 0.15) is 0 Å². The number of piperidine rings is 2. The zero-order chi connectivity index (χ0) is 19.4. The van der Waals surface area contributed by atoms with Gasteiger partial charge in [-0.1, -0.05) is 30.3 Å². The lowest BCUT2D eigenvalue weighted by molar-refractivity contribution is -0.188. The van der Waals surface area contributed by atoms with Gasteiger partial charge in [0.2, 0.25) is 11.8 Å². The summed E-state index contributed by atoms with van der Waals surface area (Å²) in [5.41, 5.74) is 1.19. The van der Waals surface area contributed by atoms with E-state index in [2.05, 4.69) is 12.1 Å². The second-order valence-corrected chi connectivity index (χ2v) is 8.07. The topological polar surface area (TPSA) is 59.1 Å². The number of carbonyl (C=O) groups is 2. The standard InChI is InChI=1S/C22H30N2O4/c25-20(7-6-18-4-2-1-3-5-18)23-12-8-19(9-13-23)21(26)24-14-10-22(11-15-24)27-16-17-28-22/h1-5,19H,6-17H2. The summed E-state index contributed by atoms with van der Waals surface area (Å²) in [5, 5.41) is 0. The number of rotatable bonds is 4. The van der Waals surface area contributed by atoms with Gasteiger partial charge in [-0.25, -0.2) is 0 Å². The van der Waals surface area contributed by atoms with Crippen molar-refractivity contribution in [3.8, 4) is 0 Å². The van der Waals surface area contributed by atoms with Crippen LogP contribution in [0.3, 0.4) is 0 Å². The Balaban J connectivity index is 1.20. The quantitative estimate of drug-likeness (QED) is 0.796. The first kappa shape index (κ1) is 19.4. The van der Waals surface area contributed by atoms with Crippen LogP contribution < -0.4 is 0 Å². The SMILES string of the molecule is O=C(CCc1ccccc1)N1CCC(C(=O)N2CCC3(CC2)OCCO3)CC1. The zero-order valence-electron chi connectivity index (χ0n) is 16.5. The molecule has 6 nitrogen and oxygen atoms in total. The van der Waals surface area contributed by atoms with E-state index in [1.807, 2.05) is 28.0 Å². The van der Waals surface area contributed by atoms with E-state index in [1.54, 1.807) is 0 Å². The molecular weight excluding hydrogens is 356 g/mol. The van der Waals surface area contributed by atoms with Gasteiger partial charge in [-0.05, 0) is 24.8 Å². The lowest BCUT2D eigenvalue weighted by Gasteiger charge is -2.40. The first-order valence-corrected chi connectivity index (χ1v) is 10.5. The number of aryl methyl sites for hydroxylation is 1. The second kappa shape index (κ2) is 8.62. The molecule has 1 spiro atoms. The van der Waals surface area contributed by atoms with E-state index in [0.717, 1.165) is 32.1 Å². The summed E-state index contributed by atoms with van der Waals surface area (Å²) in [4.78, 5) is 29.3. The van der Waals surface area contributed by atoms with E-state index < -0.39 is 5.79 Å². The smallest absolute Gasteiger partial charge is 0.225 e. The van der Waals surface area contributed by atoms with E-state index in [9.17, 15) is 9.59 Å². The normalized spacial score (nSPS) is 22.6. The Morgan fingerprint density at radius 3 is 2.21 bits per heavy atom.